The number of rotatable bonds is 6. The summed E-state index contributed by atoms with van der Waals surface area (Å²) in [5.74, 6) is 1.43. The van der Waals surface area contributed by atoms with Crippen LogP contribution in [-0.2, 0) is 13.7 Å². The van der Waals surface area contributed by atoms with Crippen molar-refractivity contribution in [1.29, 1.82) is 0 Å². The van der Waals surface area contributed by atoms with Gasteiger partial charge in [0, 0.05) is 58.1 Å². The van der Waals surface area contributed by atoms with Gasteiger partial charge in [-0.3, -0.25) is 4.98 Å². The minimum atomic E-state index is 0.271. The molecule has 0 amide bonds. The Morgan fingerprint density at radius 1 is 1.15 bits per heavy atom. The summed E-state index contributed by atoms with van der Waals surface area (Å²) in [5, 5.41) is 3.98. The summed E-state index contributed by atoms with van der Waals surface area (Å²) >= 11 is 15.8. The number of aryl methyl sites for hydroxylation is 1. The molecule has 0 unspecified atom stereocenters. The average molecular weight is 514 g/mol. The fourth-order valence-electron chi connectivity index (χ4n) is 3.47. The van der Waals surface area contributed by atoms with Crippen LogP contribution in [-0.4, -0.2) is 24.5 Å². The molecule has 0 N–H and O–H groups in total. The van der Waals surface area contributed by atoms with E-state index >= 15 is 0 Å². The summed E-state index contributed by atoms with van der Waals surface area (Å²) in [4.78, 5) is 18.7. The smallest absolute Gasteiger partial charge is 0.154 e. The van der Waals surface area contributed by atoms with Gasteiger partial charge in [0.2, 0.25) is 0 Å². The molecule has 1 aromatic carbocycles. The van der Waals surface area contributed by atoms with Crippen LogP contribution in [0, 0.1) is 6.92 Å². The van der Waals surface area contributed by atoms with Crippen LogP contribution in [0.15, 0.2) is 63.7 Å². The largest absolute Gasteiger partial charge is 0.487 e. The van der Waals surface area contributed by atoms with Crippen molar-refractivity contribution in [3.05, 3.63) is 75.9 Å². The van der Waals surface area contributed by atoms with Crippen LogP contribution in [0.25, 0.3) is 22.3 Å². The summed E-state index contributed by atoms with van der Waals surface area (Å²) < 4.78 is 9.04. The van der Waals surface area contributed by atoms with E-state index in [0.717, 1.165) is 42.8 Å². The molecule has 4 aromatic heterocycles. The van der Waals surface area contributed by atoms with Crippen LogP contribution in [0.5, 0.6) is 5.75 Å². The Kier molecular flexibility index (Phi) is 6.25. The highest BCUT2D eigenvalue weighted by molar-refractivity contribution is 8.01. The van der Waals surface area contributed by atoms with Crippen molar-refractivity contribution < 1.29 is 4.74 Å². The van der Waals surface area contributed by atoms with Gasteiger partial charge in [-0.05, 0) is 19.1 Å². The first-order valence-electron chi connectivity index (χ1n) is 9.91. The predicted octanol–water partition coefficient (Wildman–Crippen LogP) is 6.83. The maximum Gasteiger partial charge on any atom is 0.154 e. The molecule has 4 heterocycles. The fourth-order valence-corrected chi connectivity index (χ4v) is 5.56. The lowest BCUT2D eigenvalue weighted by Crippen LogP contribution is -2.01. The lowest BCUT2D eigenvalue weighted by Gasteiger charge is -2.14. The summed E-state index contributed by atoms with van der Waals surface area (Å²) in [6.07, 6.45) is 6.83. The molecule has 0 spiro atoms. The normalized spacial score (nSPS) is 11.3. The molecular formula is C23H17Cl2N5OS2. The van der Waals surface area contributed by atoms with Gasteiger partial charge in [-0.2, -0.15) is 0 Å². The van der Waals surface area contributed by atoms with E-state index in [0.29, 0.717) is 15.9 Å². The zero-order valence-electron chi connectivity index (χ0n) is 17.6. The van der Waals surface area contributed by atoms with Gasteiger partial charge in [0.1, 0.15) is 28.9 Å². The number of imidazole rings is 1. The molecule has 166 valence electrons. The third kappa shape index (κ3) is 4.44. The minimum Gasteiger partial charge on any atom is -0.487 e. The van der Waals surface area contributed by atoms with Crippen LogP contribution in [0.4, 0.5) is 0 Å². The molecule has 0 saturated carbocycles. The second kappa shape index (κ2) is 9.30. The standard InChI is InChI=1S/C23H17Cl2N5OS2/c1-13-8-15(22-28-11-20(25)30(22)2)14-4-3-5-18(21(14)29-13)31-12-16-17(24)9-26-10-19(16)33-23-27-6-7-32-23/h3-11H,12H2,1-2H3. The Morgan fingerprint density at radius 3 is 2.79 bits per heavy atom. The topological polar surface area (TPSA) is 65.7 Å². The van der Waals surface area contributed by atoms with E-state index < -0.39 is 0 Å². The lowest BCUT2D eigenvalue weighted by atomic mass is 10.1. The molecule has 0 bridgehead atoms. The number of fused-ring (bicyclic) bond motifs is 1. The highest BCUT2D eigenvalue weighted by Gasteiger charge is 2.17. The Bertz CT molecular complexity index is 1450. The Morgan fingerprint density at radius 2 is 2.03 bits per heavy atom. The predicted molar refractivity (Wildman–Crippen MR) is 134 cm³/mol. The van der Waals surface area contributed by atoms with E-state index in [2.05, 4.69) is 15.0 Å². The Hall–Kier alpha value is -2.65. The van der Waals surface area contributed by atoms with Crippen molar-refractivity contribution in [1.82, 2.24) is 24.5 Å². The van der Waals surface area contributed by atoms with E-state index in [1.807, 2.05) is 48.2 Å². The van der Waals surface area contributed by atoms with Crippen molar-refractivity contribution in [2.45, 2.75) is 22.8 Å². The highest BCUT2D eigenvalue weighted by Crippen LogP contribution is 2.37. The van der Waals surface area contributed by atoms with Crippen molar-refractivity contribution in [3.8, 4) is 17.1 Å². The molecule has 0 atom stereocenters. The summed E-state index contributed by atoms with van der Waals surface area (Å²) in [6.45, 7) is 2.22. The van der Waals surface area contributed by atoms with Crippen molar-refractivity contribution in [3.63, 3.8) is 0 Å². The first-order valence-corrected chi connectivity index (χ1v) is 12.4. The van der Waals surface area contributed by atoms with Crippen LogP contribution < -0.4 is 4.74 Å². The second-order valence-electron chi connectivity index (χ2n) is 7.21. The van der Waals surface area contributed by atoms with E-state index in [4.69, 9.17) is 32.9 Å². The van der Waals surface area contributed by atoms with Crippen molar-refractivity contribution in [2.75, 3.05) is 0 Å². The maximum atomic E-state index is 6.49. The lowest BCUT2D eigenvalue weighted by molar-refractivity contribution is 0.306. The molecule has 33 heavy (non-hydrogen) atoms. The zero-order valence-corrected chi connectivity index (χ0v) is 20.8. The van der Waals surface area contributed by atoms with Crippen LogP contribution >= 0.6 is 46.3 Å². The number of hydrogen-bond acceptors (Lipinski definition) is 7. The Labute approximate surface area is 208 Å². The average Bonchev–Trinajstić information content (AvgIpc) is 3.43. The summed E-state index contributed by atoms with van der Waals surface area (Å²) in [6, 6.07) is 7.87. The number of halogens is 2. The number of hydrogen-bond donors (Lipinski definition) is 0. The van der Waals surface area contributed by atoms with E-state index in [1.165, 1.54) is 11.8 Å². The molecule has 0 aliphatic rings. The molecule has 10 heteroatoms. The molecule has 5 rings (SSSR count). The van der Waals surface area contributed by atoms with Gasteiger partial charge in [-0.25, -0.2) is 15.0 Å². The van der Waals surface area contributed by atoms with E-state index in [1.54, 1.807) is 36.1 Å². The number of aromatic nitrogens is 5. The quantitative estimate of drug-likeness (QED) is 0.247. The van der Waals surface area contributed by atoms with E-state index in [-0.39, 0.29) is 6.61 Å². The highest BCUT2D eigenvalue weighted by atomic mass is 35.5. The number of benzene rings is 1. The number of thiazole rings is 1. The number of ether oxygens (including phenoxy) is 1. The summed E-state index contributed by atoms with van der Waals surface area (Å²) in [7, 11) is 1.89. The second-order valence-corrected chi connectivity index (χ2v) is 10.2. The number of pyridine rings is 2. The monoisotopic (exact) mass is 513 g/mol. The number of nitrogens with zero attached hydrogens (tertiary/aromatic N) is 5. The first-order chi connectivity index (χ1) is 16.0. The van der Waals surface area contributed by atoms with Crippen LogP contribution in [0.3, 0.4) is 0 Å². The van der Waals surface area contributed by atoms with Gasteiger partial charge in [0.05, 0.1) is 11.2 Å². The van der Waals surface area contributed by atoms with Gasteiger partial charge < -0.3 is 9.30 Å². The third-order valence-electron chi connectivity index (χ3n) is 5.05. The third-order valence-corrected chi connectivity index (χ3v) is 7.68. The van der Waals surface area contributed by atoms with Crippen molar-refractivity contribution >= 4 is 57.2 Å². The Balaban J connectivity index is 1.52. The van der Waals surface area contributed by atoms with Gasteiger partial charge in [-0.15, -0.1) is 11.3 Å². The van der Waals surface area contributed by atoms with Gasteiger partial charge in [0.15, 0.2) is 4.34 Å². The molecule has 0 aliphatic carbocycles. The molecule has 0 radical (unpaired) electrons. The van der Waals surface area contributed by atoms with Crippen LogP contribution in [0.1, 0.15) is 11.3 Å². The SMILES string of the molecule is Cc1cc(-c2ncc(Cl)n2C)c2cccc(OCc3c(Cl)cncc3Sc3nccs3)c2n1. The van der Waals surface area contributed by atoms with Gasteiger partial charge >= 0.3 is 0 Å². The molecule has 0 fully saturated rings. The van der Waals surface area contributed by atoms with Crippen molar-refractivity contribution in [2.24, 2.45) is 7.05 Å². The van der Waals surface area contributed by atoms with E-state index in [9.17, 15) is 0 Å². The van der Waals surface area contributed by atoms with Crippen LogP contribution in [0.2, 0.25) is 10.2 Å². The van der Waals surface area contributed by atoms with Gasteiger partial charge in [0.25, 0.3) is 0 Å². The molecule has 6 nitrogen and oxygen atoms in total. The number of para-hydroxylation sites is 1. The molecule has 0 saturated heterocycles. The first kappa shape index (κ1) is 22.2. The zero-order chi connectivity index (χ0) is 22.9. The molecule has 0 aliphatic heterocycles. The minimum absolute atomic E-state index is 0.271. The van der Waals surface area contributed by atoms with Gasteiger partial charge in [-0.1, -0.05) is 47.1 Å². The fraction of sp³-hybridized carbons (Fsp3) is 0.130. The maximum absolute atomic E-state index is 6.49. The molecule has 5 aromatic rings. The molecular weight excluding hydrogens is 497 g/mol. The summed E-state index contributed by atoms with van der Waals surface area (Å²) in [5.41, 5.74) is 3.41.